The molecule has 2 aromatic rings. The van der Waals surface area contributed by atoms with Gasteiger partial charge in [-0.15, -0.1) is 11.3 Å². The Labute approximate surface area is 121 Å². The lowest BCUT2D eigenvalue weighted by atomic mass is 10.1. The summed E-state index contributed by atoms with van der Waals surface area (Å²) in [5, 5.41) is 2.11. The summed E-state index contributed by atoms with van der Waals surface area (Å²) in [7, 11) is 0. The van der Waals surface area contributed by atoms with Crippen molar-refractivity contribution in [3.05, 3.63) is 51.1 Å². The van der Waals surface area contributed by atoms with Crippen LogP contribution in [0.1, 0.15) is 17.8 Å². The van der Waals surface area contributed by atoms with Crippen LogP contribution in [0.3, 0.4) is 0 Å². The van der Waals surface area contributed by atoms with E-state index in [2.05, 4.69) is 63.5 Å². The maximum Gasteiger partial charge on any atom is 0.0757 e. The van der Waals surface area contributed by atoms with Crippen LogP contribution >= 0.6 is 27.3 Å². The lowest BCUT2D eigenvalue weighted by Gasteiger charge is -2.31. The molecular formula is C14H17BrN2S. The van der Waals surface area contributed by atoms with Crippen molar-refractivity contribution < 1.29 is 0 Å². The fourth-order valence-corrected chi connectivity index (χ4v) is 3.67. The van der Waals surface area contributed by atoms with E-state index in [1.54, 1.807) is 11.3 Å². The SMILES string of the molecule is CCN(c1ccccc1)C(CN)c1cc(Br)cs1. The Morgan fingerprint density at radius 1 is 1.33 bits per heavy atom. The topological polar surface area (TPSA) is 29.3 Å². The van der Waals surface area contributed by atoms with Crippen molar-refractivity contribution in [1.82, 2.24) is 0 Å². The van der Waals surface area contributed by atoms with Gasteiger partial charge in [0.2, 0.25) is 0 Å². The molecule has 1 atom stereocenters. The van der Waals surface area contributed by atoms with Gasteiger partial charge in [0, 0.05) is 33.5 Å². The number of thiophene rings is 1. The molecule has 96 valence electrons. The first-order valence-electron chi connectivity index (χ1n) is 6.02. The predicted octanol–water partition coefficient (Wildman–Crippen LogP) is 4.04. The van der Waals surface area contributed by atoms with Crippen LogP contribution < -0.4 is 10.6 Å². The second-order valence-corrected chi connectivity index (χ2v) is 5.90. The Morgan fingerprint density at radius 3 is 2.56 bits per heavy atom. The van der Waals surface area contributed by atoms with Crippen LogP contribution in [0.4, 0.5) is 5.69 Å². The van der Waals surface area contributed by atoms with Gasteiger partial charge >= 0.3 is 0 Å². The standard InChI is InChI=1S/C14H17BrN2S/c1-2-17(12-6-4-3-5-7-12)13(9-16)14-8-11(15)10-18-14/h3-8,10,13H,2,9,16H2,1H3. The molecule has 2 rings (SSSR count). The molecule has 1 heterocycles. The molecule has 0 radical (unpaired) electrons. The van der Waals surface area contributed by atoms with E-state index >= 15 is 0 Å². The number of hydrogen-bond acceptors (Lipinski definition) is 3. The molecule has 18 heavy (non-hydrogen) atoms. The van der Waals surface area contributed by atoms with Crippen LogP contribution in [0.2, 0.25) is 0 Å². The third-order valence-corrected chi connectivity index (χ3v) is 4.74. The monoisotopic (exact) mass is 324 g/mol. The summed E-state index contributed by atoms with van der Waals surface area (Å²) in [6.45, 7) is 3.73. The molecule has 2 nitrogen and oxygen atoms in total. The molecule has 0 fully saturated rings. The van der Waals surface area contributed by atoms with Crippen LogP contribution in [0.25, 0.3) is 0 Å². The van der Waals surface area contributed by atoms with E-state index in [1.165, 1.54) is 10.6 Å². The van der Waals surface area contributed by atoms with Crippen molar-refractivity contribution >= 4 is 33.0 Å². The van der Waals surface area contributed by atoms with E-state index in [0.717, 1.165) is 11.0 Å². The van der Waals surface area contributed by atoms with Crippen molar-refractivity contribution in [3.8, 4) is 0 Å². The molecular weight excluding hydrogens is 308 g/mol. The number of nitrogens with two attached hydrogens (primary N) is 1. The van der Waals surface area contributed by atoms with Gasteiger partial charge in [0.05, 0.1) is 6.04 Å². The molecule has 0 spiro atoms. The minimum absolute atomic E-state index is 0.244. The molecule has 4 heteroatoms. The van der Waals surface area contributed by atoms with Crippen LogP contribution in [0, 0.1) is 0 Å². The maximum absolute atomic E-state index is 5.98. The van der Waals surface area contributed by atoms with Crippen molar-refractivity contribution in [2.75, 3.05) is 18.0 Å². The third-order valence-electron chi connectivity index (χ3n) is 2.94. The second-order valence-electron chi connectivity index (χ2n) is 4.04. The number of benzene rings is 1. The lowest BCUT2D eigenvalue weighted by molar-refractivity contribution is 0.653. The van der Waals surface area contributed by atoms with Gasteiger partial charge in [0.25, 0.3) is 0 Å². The Bertz CT molecular complexity index is 484. The van der Waals surface area contributed by atoms with Crippen molar-refractivity contribution in [3.63, 3.8) is 0 Å². The zero-order valence-corrected chi connectivity index (χ0v) is 12.7. The van der Waals surface area contributed by atoms with Gasteiger partial charge in [0.1, 0.15) is 0 Å². The molecule has 1 unspecified atom stereocenters. The Balaban J connectivity index is 2.30. The van der Waals surface area contributed by atoms with Gasteiger partial charge in [-0.25, -0.2) is 0 Å². The maximum atomic E-state index is 5.98. The number of halogens is 1. The van der Waals surface area contributed by atoms with Crippen molar-refractivity contribution in [1.29, 1.82) is 0 Å². The number of para-hydroxylation sites is 1. The number of likely N-dealkylation sites (N-methyl/N-ethyl adjacent to an activating group) is 1. The first-order valence-corrected chi connectivity index (χ1v) is 7.69. The third kappa shape index (κ3) is 2.94. The molecule has 0 saturated carbocycles. The molecule has 1 aromatic heterocycles. The highest BCUT2D eigenvalue weighted by Crippen LogP contribution is 2.31. The zero-order valence-electron chi connectivity index (χ0n) is 10.3. The summed E-state index contributed by atoms with van der Waals surface area (Å²) < 4.78 is 1.13. The Morgan fingerprint density at radius 2 is 2.06 bits per heavy atom. The van der Waals surface area contributed by atoms with Crippen molar-refractivity contribution in [2.45, 2.75) is 13.0 Å². The molecule has 0 saturated heterocycles. The summed E-state index contributed by atoms with van der Waals surface area (Å²) in [5.74, 6) is 0. The number of anilines is 1. The average Bonchev–Trinajstić information content (AvgIpc) is 2.83. The normalized spacial score (nSPS) is 12.4. The molecule has 0 aliphatic heterocycles. The zero-order chi connectivity index (χ0) is 13.0. The van der Waals surface area contributed by atoms with Crippen molar-refractivity contribution in [2.24, 2.45) is 5.73 Å². The van der Waals surface area contributed by atoms with Crippen LogP contribution in [-0.2, 0) is 0 Å². The molecule has 0 bridgehead atoms. The van der Waals surface area contributed by atoms with Crippen LogP contribution in [-0.4, -0.2) is 13.1 Å². The Kier molecular flexibility index (Phi) is 4.80. The minimum Gasteiger partial charge on any atom is -0.363 e. The van der Waals surface area contributed by atoms with Gasteiger partial charge in [-0.1, -0.05) is 18.2 Å². The highest BCUT2D eigenvalue weighted by Gasteiger charge is 2.19. The molecule has 2 N–H and O–H groups in total. The van der Waals surface area contributed by atoms with Gasteiger partial charge in [-0.2, -0.15) is 0 Å². The summed E-state index contributed by atoms with van der Waals surface area (Å²) in [4.78, 5) is 3.65. The molecule has 1 aromatic carbocycles. The second kappa shape index (κ2) is 6.36. The largest absolute Gasteiger partial charge is 0.363 e. The average molecular weight is 325 g/mol. The number of hydrogen-bond donors (Lipinski definition) is 1. The highest BCUT2D eigenvalue weighted by atomic mass is 79.9. The van der Waals surface area contributed by atoms with Gasteiger partial charge in [-0.3, -0.25) is 0 Å². The smallest absolute Gasteiger partial charge is 0.0757 e. The quantitative estimate of drug-likeness (QED) is 0.899. The van der Waals surface area contributed by atoms with E-state index in [4.69, 9.17) is 5.73 Å². The molecule has 0 amide bonds. The summed E-state index contributed by atoms with van der Waals surface area (Å²) in [6.07, 6.45) is 0. The van der Waals surface area contributed by atoms with E-state index < -0.39 is 0 Å². The first kappa shape index (κ1) is 13.6. The summed E-state index contributed by atoms with van der Waals surface area (Å²) in [5.41, 5.74) is 7.20. The van der Waals surface area contributed by atoms with E-state index in [9.17, 15) is 0 Å². The van der Waals surface area contributed by atoms with Gasteiger partial charge in [-0.05, 0) is 41.1 Å². The van der Waals surface area contributed by atoms with E-state index in [-0.39, 0.29) is 6.04 Å². The molecule has 0 aliphatic carbocycles. The number of nitrogens with zero attached hydrogens (tertiary/aromatic N) is 1. The van der Waals surface area contributed by atoms with Crippen LogP contribution in [0.5, 0.6) is 0 Å². The first-order chi connectivity index (χ1) is 8.76. The minimum atomic E-state index is 0.244. The predicted molar refractivity (Wildman–Crippen MR) is 83.3 cm³/mol. The summed E-state index contributed by atoms with van der Waals surface area (Å²) >= 11 is 5.26. The van der Waals surface area contributed by atoms with E-state index in [1.807, 2.05) is 6.07 Å². The number of rotatable bonds is 5. The summed E-state index contributed by atoms with van der Waals surface area (Å²) in [6, 6.07) is 12.8. The highest BCUT2D eigenvalue weighted by molar-refractivity contribution is 9.10. The van der Waals surface area contributed by atoms with Crippen LogP contribution in [0.15, 0.2) is 46.3 Å². The fraction of sp³-hybridized carbons (Fsp3) is 0.286. The van der Waals surface area contributed by atoms with Gasteiger partial charge in [0.15, 0.2) is 0 Å². The lowest BCUT2D eigenvalue weighted by Crippen LogP contribution is -2.33. The molecule has 0 aliphatic rings. The van der Waals surface area contributed by atoms with E-state index in [0.29, 0.717) is 6.54 Å². The fourth-order valence-electron chi connectivity index (χ4n) is 2.10. The van der Waals surface area contributed by atoms with Gasteiger partial charge < -0.3 is 10.6 Å². The Hall–Kier alpha value is -0.840.